The standard InChI is InChI=1S/C18H26N2O2S.C2HF3O2/c1-23(21,22)20-10-8-18(9-11-20)12-17(19-13-14-6-7-14)15-4-2-3-5-16(15)18;3-2(4,5)1(6)7/h2-5,14,17,19H,6-13H2,1H3;(H,6,7). The maximum absolute atomic E-state index is 11.8. The summed E-state index contributed by atoms with van der Waals surface area (Å²) in [5.74, 6) is -1.88. The fourth-order valence-electron chi connectivity index (χ4n) is 4.43. The average Bonchev–Trinajstić information content (AvgIpc) is 3.44. The molecule has 2 N–H and O–H groups in total. The Balaban J connectivity index is 0.000000318. The van der Waals surface area contributed by atoms with Gasteiger partial charge in [0.05, 0.1) is 6.26 Å². The summed E-state index contributed by atoms with van der Waals surface area (Å²) in [5, 5.41) is 10.9. The number of nitrogens with one attached hydrogen (secondary N) is 1. The largest absolute Gasteiger partial charge is 0.490 e. The lowest BCUT2D eigenvalue weighted by atomic mass is 9.74. The van der Waals surface area contributed by atoms with Crippen LogP contribution in [0.3, 0.4) is 0 Å². The predicted octanol–water partition coefficient (Wildman–Crippen LogP) is 3.06. The number of alkyl halides is 3. The van der Waals surface area contributed by atoms with E-state index >= 15 is 0 Å². The van der Waals surface area contributed by atoms with E-state index in [9.17, 15) is 21.6 Å². The number of carboxylic acid groups (broad SMARTS) is 1. The van der Waals surface area contributed by atoms with Crippen molar-refractivity contribution < 1.29 is 31.5 Å². The van der Waals surface area contributed by atoms with Gasteiger partial charge in [-0.15, -0.1) is 0 Å². The van der Waals surface area contributed by atoms with Crippen molar-refractivity contribution in [2.45, 2.75) is 49.7 Å². The third-order valence-corrected chi connectivity index (χ3v) is 7.55. The molecule has 0 radical (unpaired) electrons. The van der Waals surface area contributed by atoms with Crippen molar-refractivity contribution in [1.82, 2.24) is 9.62 Å². The second-order valence-electron chi connectivity index (χ2n) is 8.44. The number of fused-ring (bicyclic) bond motifs is 2. The van der Waals surface area contributed by atoms with Crippen LogP contribution in [0.15, 0.2) is 24.3 Å². The molecule has 0 amide bonds. The molecule has 1 heterocycles. The summed E-state index contributed by atoms with van der Waals surface area (Å²) in [6.07, 6.45) is 1.99. The van der Waals surface area contributed by atoms with Gasteiger partial charge in [0.2, 0.25) is 10.0 Å². The van der Waals surface area contributed by atoms with Crippen LogP contribution in [0.1, 0.15) is 49.3 Å². The van der Waals surface area contributed by atoms with Crippen LogP contribution in [0.5, 0.6) is 0 Å². The Morgan fingerprint density at radius 1 is 1.23 bits per heavy atom. The Hall–Kier alpha value is -1.65. The molecule has 1 atom stereocenters. The molecule has 168 valence electrons. The third kappa shape index (κ3) is 5.33. The molecular formula is C20H27F3N2O4S. The number of benzene rings is 1. The second-order valence-corrected chi connectivity index (χ2v) is 10.4. The number of sulfonamides is 1. The zero-order chi connectivity index (χ0) is 22.2. The van der Waals surface area contributed by atoms with Crippen molar-refractivity contribution in [2.75, 3.05) is 25.9 Å². The number of halogens is 3. The first-order valence-electron chi connectivity index (χ1n) is 10.0. The monoisotopic (exact) mass is 448 g/mol. The molecule has 2 aliphatic carbocycles. The highest BCUT2D eigenvalue weighted by Gasteiger charge is 2.46. The summed E-state index contributed by atoms with van der Waals surface area (Å²) in [7, 11) is -3.06. The molecule has 3 aliphatic rings. The van der Waals surface area contributed by atoms with E-state index in [2.05, 4.69) is 29.6 Å². The fourth-order valence-corrected chi connectivity index (χ4v) is 5.27. The number of carboxylic acids is 1. The lowest BCUT2D eigenvalue weighted by Gasteiger charge is -2.39. The van der Waals surface area contributed by atoms with Gasteiger partial charge in [-0.1, -0.05) is 24.3 Å². The van der Waals surface area contributed by atoms with Gasteiger partial charge in [0.25, 0.3) is 0 Å². The van der Waals surface area contributed by atoms with Crippen LogP contribution in [0.25, 0.3) is 0 Å². The van der Waals surface area contributed by atoms with E-state index in [0.29, 0.717) is 19.1 Å². The van der Waals surface area contributed by atoms with Gasteiger partial charge < -0.3 is 10.4 Å². The molecule has 1 aliphatic heterocycles. The van der Waals surface area contributed by atoms with Crippen LogP contribution < -0.4 is 5.32 Å². The first-order valence-corrected chi connectivity index (χ1v) is 11.9. The van der Waals surface area contributed by atoms with Crippen molar-refractivity contribution in [3.63, 3.8) is 0 Å². The average molecular weight is 449 g/mol. The summed E-state index contributed by atoms with van der Waals surface area (Å²) in [6.45, 7) is 2.44. The quantitative estimate of drug-likeness (QED) is 0.740. The minimum atomic E-state index is -5.08. The lowest BCUT2D eigenvalue weighted by molar-refractivity contribution is -0.192. The maximum atomic E-state index is 11.8. The van der Waals surface area contributed by atoms with E-state index in [0.717, 1.165) is 31.7 Å². The molecule has 6 nitrogen and oxygen atoms in total. The first kappa shape index (κ1) is 23.0. The molecule has 10 heteroatoms. The van der Waals surface area contributed by atoms with Crippen LogP contribution in [-0.2, 0) is 20.2 Å². The van der Waals surface area contributed by atoms with Crippen LogP contribution in [0.2, 0.25) is 0 Å². The molecular weight excluding hydrogens is 421 g/mol. The Kier molecular flexibility index (Phi) is 6.50. The first-order chi connectivity index (χ1) is 13.9. The van der Waals surface area contributed by atoms with E-state index < -0.39 is 22.2 Å². The SMILES string of the molecule is CS(=O)(=O)N1CCC2(CC1)CC(NCC1CC1)c1ccccc12.O=C(O)C(F)(F)F. The molecule has 0 aromatic heterocycles. The Labute approximate surface area is 174 Å². The van der Waals surface area contributed by atoms with E-state index in [1.807, 2.05) is 0 Å². The molecule has 1 saturated carbocycles. The molecule has 1 unspecified atom stereocenters. The molecule has 1 saturated heterocycles. The smallest absolute Gasteiger partial charge is 0.475 e. The van der Waals surface area contributed by atoms with Crippen molar-refractivity contribution in [2.24, 2.45) is 5.92 Å². The lowest BCUT2D eigenvalue weighted by Crippen LogP contribution is -2.44. The molecule has 1 aromatic rings. The highest BCUT2D eigenvalue weighted by Crippen LogP contribution is 2.51. The number of rotatable bonds is 4. The fraction of sp³-hybridized carbons (Fsp3) is 0.650. The number of hydrogen-bond acceptors (Lipinski definition) is 4. The summed E-state index contributed by atoms with van der Waals surface area (Å²) in [6, 6.07) is 9.24. The van der Waals surface area contributed by atoms with Gasteiger partial charge >= 0.3 is 12.1 Å². The molecule has 0 bridgehead atoms. The summed E-state index contributed by atoms with van der Waals surface area (Å²) < 4.78 is 57.0. The highest BCUT2D eigenvalue weighted by molar-refractivity contribution is 7.88. The van der Waals surface area contributed by atoms with Crippen molar-refractivity contribution in [3.8, 4) is 0 Å². The van der Waals surface area contributed by atoms with Crippen molar-refractivity contribution in [1.29, 1.82) is 0 Å². The van der Waals surface area contributed by atoms with Gasteiger partial charge in [0, 0.05) is 19.1 Å². The molecule has 4 rings (SSSR count). The van der Waals surface area contributed by atoms with E-state index in [1.165, 1.54) is 30.2 Å². The second kappa shape index (κ2) is 8.47. The molecule has 30 heavy (non-hydrogen) atoms. The number of piperidine rings is 1. The maximum Gasteiger partial charge on any atom is 0.490 e. The van der Waals surface area contributed by atoms with Crippen LogP contribution in [-0.4, -0.2) is 55.9 Å². The topological polar surface area (TPSA) is 86.7 Å². The van der Waals surface area contributed by atoms with Gasteiger partial charge in [0.15, 0.2) is 0 Å². The minimum absolute atomic E-state index is 0.166. The van der Waals surface area contributed by atoms with E-state index in [4.69, 9.17) is 9.90 Å². The highest BCUT2D eigenvalue weighted by atomic mass is 32.2. The number of nitrogens with zero attached hydrogens (tertiary/aromatic N) is 1. The Morgan fingerprint density at radius 2 is 1.80 bits per heavy atom. The van der Waals surface area contributed by atoms with E-state index in [-0.39, 0.29) is 5.41 Å². The molecule has 1 spiro atoms. The third-order valence-electron chi connectivity index (χ3n) is 6.24. The number of hydrogen-bond donors (Lipinski definition) is 2. The zero-order valence-electron chi connectivity index (χ0n) is 16.8. The Morgan fingerprint density at radius 3 is 2.30 bits per heavy atom. The van der Waals surface area contributed by atoms with Gasteiger partial charge in [-0.05, 0) is 61.1 Å². The van der Waals surface area contributed by atoms with Gasteiger partial charge in [-0.25, -0.2) is 17.5 Å². The van der Waals surface area contributed by atoms with Crippen LogP contribution in [0.4, 0.5) is 13.2 Å². The molecule has 2 fully saturated rings. The number of carbonyl (C=O) groups is 1. The van der Waals surface area contributed by atoms with Crippen LogP contribution >= 0.6 is 0 Å². The minimum Gasteiger partial charge on any atom is -0.475 e. The normalized spacial score (nSPS) is 23.5. The summed E-state index contributed by atoms with van der Waals surface area (Å²) in [5.41, 5.74) is 3.07. The number of aliphatic carboxylic acids is 1. The molecule has 1 aromatic carbocycles. The summed E-state index contributed by atoms with van der Waals surface area (Å²) >= 11 is 0. The van der Waals surface area contributed by atoms with Gasteiger partial charge in [0.1, 0.15) is 0 Å². The van der Waals surface area contributed by atoms with Gasteiger partial charge in [-0.2, -0.15) is 13.2 Å². The zero-order valence-corrected chi connectivity index (χ0v) is 17.6. The van der Waals surface area contributed by atoms with Crippen molar-refractivity contribution in [3.05, 3.63) is 35.4 Å². The van der Waals surface area contributed by atoms with Crippen molar-refractivity contribution >= 4 is 16.0 Å². The predicted molar refractivity (Wildman–Crippen MR) is 106 cm³/mol. The van der Waals surface area contributed by atoms with E-state index in [1.54, 1.807) is 4.31 Å². The summed E-state index contributed by atoms with van der Waals surface area (Å²) in [4.78, 5) is 8.90. The Bertz CT molecular complexity index is 876. The van der Waals surface area contributed by atoms with Gasteiger partial charge in [-0.3, -0.25) is 0 Å². The van der Waals surface area contributed by atoms with Crippen LogP contribution in [0, 0.1) is 5.92 Å².